The highest BCUT2D eigenvalue weighted by Gasteiger charge is 2.13. The van der Waals surface area contributed by atoms with Gasteiger partial charge in [-0.1, -0.05) is 0 Å². The first kappa shape index (κ1) is 6.43. The zero-order chi connectivity index (χ0) is 5.98. The zero-order valence-corrected chi connectivity index (χ0v) is 5.70. The summed E-state index contributed by atoms with van der Waals surface area (Å²) in [6.45, 7) is 7.58. The smallest absolute Gasteiger partial charge is 0.0145 e. The molecule has 0 saturated carbocycles. The van der Waals surface area contributed by atoms with Crippen LogP contribution >= 0.6 is 12.6 Å². The van der Waals surface area contributed by atoms with Gasteiger partial charge in [0.05, 0.1) is 0 Å². The van der Waals surface area contributed by atoms with Crippen molar-refractivity contribution >= 4 is 12.6 Å². The Kier molecular flexibility index (Phi) is 2.20. The number of rotatable bonds is 0. The van der Waals surface area contributed by atoms with Crippen molar-refractivity contribution in [3.05, 3.63) is 6.92 Å². The van der Waals surface area contributed by atoms with Crippen molar-refractivity contribution in [2.75, 3.05) is 13.1 Å². The van der Waals surface area contributed by atoms with E-state index in [0.29, 0.717) is 11.2 Å². The molecule has 1 heterocycles. The van der Waals surface area contributed by atoms with Gasteiger partial charge in [0.25, 0.3) is 0 Å². The van der Waals surface area contributed by atoms with E-state index in [1.54, 1.807) is 0 Å². The summed E-state index contributed by atoms with van der Waals surface area (Å²) in [4.78, 5) is 0. The third-order valence-electron chi connectivity index (χ3n) is 1.36. The lowest BCUT2D eigenvalue weighted by Gasteiger charge is -2.23. The molecule has 0 aromatic rings. The molecular formula is C6H11NS. The Morgan fingerprint density at radius 3 is 2.62 bits per heavy atom. The van der Waals surface area contributed by atoms with Gasteiger partial charge in [0.2, 0.25) is 0 Å². The van der Waals surface area contributed by atoms with Crippen LogP contribution in [0, 0.1) is 12.8 Å². The van der Waals surface area contributed by atoms with E-state index in [2.05, 4.69) is 17.9 Å². The molecule has 0 spiro atoms. The molecule has 1 rings (SSSR count). The van der Waals surface area contributed by atoms with Crippen molar-refractivity contribution < 1.29 is 0 Å². The van der Waals surface area contributed by atoms with Gasteiger partial charge in [-0.15, -0.1) is 0 Å². The highest BCUT2D eigenvalue weighted by atomic mass is 32.1. The Hall–Kier alpha value is 0.310. The molecule has 1 N–H and O–H groups in total. The Balaban J connectivity index is 2.23. The largest absolute Gasteiger partial charge is 0.315 e. The van der Waals surface area contributed by atoms with Crippen molar-refractivity contribution in [1.82, 2.24) is 5.32 Å². The summed E-state index contributed by atoms with van der Waals surface area (Å²) in [5.41, 5.74) is 0. The van der Waals surface area contributed by atoms with E-state index in [1.165, 1.54) is 0 Å². The minimum atomic E-state index is 0.325. The second-order valence-electron chi connectivity index (χ2n) is 2.31. The van der Waals surface area contributed by atoms with Crippen LogP contribution in [0.3, 0.4) is 0 Å². The number of nitrogens with one attached hydrogen (secondary N) is 1. The predicted octanol–water partition coefficient (Wildman–Crippen LogP) is 0.605. The highest BCUT2D eigenvalue weighted by molar-refractivity contribution is 7.81. The van der Waals surface area contributed by atoms with E-state index in [4.69, 9.17) is 6.92 Å². The number of hydrogen-bond donors (Lipinski definition) is 2. The van der Waals surface area contributed by atoms with Crippen molar-refractivity contribution in [1.29, 1.82) is 0 Å². The second kappa shape index (κ2) is 2.74. The molecule has 1 fully saturated rings. The van der Waals surface area contributed by atoms with Gasteiger partial charge in [0.15, 0.2) is 0 Å². The van der Waals surface area contributed by atoms with E-state index < -0.39 is 0 Å². The highest BCUT2D eigenvalue weighted by Crippen LogP contribution is 2.12. The molecule has 1 saturated heterocycles. The lowest BCUT2D eigenvalue weighted by atomic mass is 10.0. The lowest BCUT2D eigenvalue weighted by Crippen LogP contribution is -2.35. The van der Waals surface area contributed by atoms with E-state index >= 15 is 0 Å². The molecule has 2 radical (unpaired) electrons. The maximum atomic E-state index is 5.61. The molecule has 1 aliphatic rings. The summed E-state index contributed by atoms with van der Waals surface area (Å²) in [7, 11) is 0. The van der Waals surface area contributed by atoms with Crippen LogP contribution < -0.4 is 5.32 Å². The molecule has 1 aliphatic heterocycles. The van der Waals surface area contributed by atoms with Gasteiger partial charge in [0.1, 0.15) is 0 Å². The fourth-order valence-corrected chi connectivity index (χ4v) is 1.35. The second-order valence-corrected chi connectivity index (χ2v) is 3.04. The van der Waals surface area contributed by atoms with Crippen LogP contribution in [0.1, 0.15) is 6.42 Å². The first-order chi connectivity index (χ1) is 3.79. The van der Waals surface area contributed by atoms with Crippen LogP contribution in [0.5, 0.6) is 0 Å². The molecule has 0 amide bonds. The van der Waals surface area contributed by atoms with E-state index in [-0.39, 0.29) is 0 Å². The minimum absolute atomic E-state index is 0.325. The molecular weight excluding hydrogens is 118 g/mol. The van der Waals surface area contributed by atoms with Gasteiger partial charge in [-0.3, -0.25) is 0 Å². The van der Waals surface area contributed by atoms with Crippen molar-refractivity contribution in [3.8, 4) is 0 Å². The average molecular weight is 129 g/mol. The Labute approximate surface area is 56.3 Å². The minimum Gasteiger partial charge on any atom is -0.315 e. The molecule has 2 heteroatoms. The molecule has 0 aromatic carbocycles. The van der Waals surface area contributed by atoms with Crippen LogP contribution in [0.2, 0.25) is 0 Å². The van der Waals surface area contributed by atoms with Crippen LogP contribution in [0.15, 0.2) is 0 Å². The Morgan fingerprint density at radius 2 is 2.25 bits per heavy atom. The maximum absolute atomic E-state index is 5.61. The molecule has 2 atom stereocenters. The van der Waals surface area contributed by atoms with Crippen LogP contribution in [-0.2, 0) is 0 Å². The fraction of sp³-hybridized carbons (Fsp3) is 0.833. The molecule has 0 aromatic heterocycles. The summed E-state index contributed by atoms with van der Waals surface area (Å²) >= 11 is 4.28. The summed E-state index contributed by atoms with van der Waals surface area (Å²) in [5, 5.41) is 3.65. The molecule has 0 bridgehead atoms. The summed E-state index contributed by atoms with van der Waals surface area (Å²) in [6.07, 6.45) is 1.05. The van der Waals surface area contributed by atoms with Crippen molar-refractivity contribution in [2.24, 2.45) is 5.92 Å². The first-order valence-electron chi connectivity index (χ1n) is 2.93. The Morgan fingerprint density at radius 1 is 1.50 bits per heavy atom. The SMILES string of the molecule is [CH]C1CNCC(S)C1. The van der Waals surface area contributed by atoms with E-state index in [9.17, 15) is 0 Å². The molecule has 0 aliphatic carbocycles. The molecule has 46 valence electrons. The van der Waals surface area contributed by atoms with Gasteiger partial charge >= 0.3 is 0 Å². The summed E-state index contributed by atoms with van der Waals surface area (Å²) in [5.74, 6) is 0.325. The van der Waals surface area contributed by atoms with Crippen molar-refractivity contribution in [2.45, 2.75) is 11.7 Å². The maximum Gasteiger partial charge on any atom is 0.0145 e. The normalized spacial score (nSPS) is 39.8. The summed E-state index contributed by atoms with van der Waals surface area (Å²) in [6, 6.07) is 0. The molecule has 2 unspecified atom stereocenters. The number of thiol groups is 1. The number of hydrogen-bond acceptors (Lipinski definition) is 2. The Bertz CT molecular complexity index is 66.9. The van der Waals surface area contributed by atoms with Gasteiger partial charge in [-0.25, -0.2) is 0 Å². The third-order valence-corrected chi connectivity index (χ3v) is 1.75. The summed E-state index contributed by atoms with van der Waals surface area (Å²) < 4.78 is 0. The van der Waals surface area contributed by atoms with Gasteiger partial charge < -0.3 is 5.32 Å². The fourth-order valence-electron chi connectivity index (χ4n) is 0.951. The quantitative estimate of drug-likeness (QED) is 0.457. The topological polar surface area (TPSA) is 12.0 Å². The molecule has 1 nitrogen and oxygen atoms in total. The van der Waals surface area contributed by atoms with E-state index in [0.717, 1.165) is 19.5 Å². The standard InChI is InChI=1S/C6H11NS/c1-5-2-6(8)4-7-3-5/h1,5-8H,2-4H2. The van der Waals surface area contributed by atoms with Crippen molar-refractivity contribution in [3.63, 3.8) is 0 Å². The molecule has 8 heavy (non-hydrogen) atoms. The third kappa shape index (κ3) is 1.67. The van der Waals surface area contributed by atoms with E-state index in [1.807, 2.05) is 0 Å². The number of piperidine rings is 1. The predicted molar refractivity (Wildman–Crippen MR) is 38.1 cm³/mol. The van der Waals surface area contributed by atoms with Crippen LogP contribution in [-0.4, -0.2) is 18.3 Å². The van der Waals surface area contributed by atoms with Gasteiger partial charge in [-0.2, -0.15) is 12.6 Å². The first-order valence-corrected chi connectivity index (χ1v) is 3.45. The van der Waals surface area contributed by atoms with Gasteiger partial charge in [0, 0.05) is 11.8 Å². The zero-order valence-electron chi connectivity index (χ0n) is 4.80. The van der Waals surface area contributed by atoms with Crippen LogP contribution in [0.25, 0.3) is 0 Å². The van der Waals surface area contributed by atoms with Crippen LogP contribution in [0.4, 0.5) is 0 Å². The lowest BCUT2D eigenvalue weighted by molar-refractivity contribution is 0.447. The monoisotopic (exact) mass is 129 g/mol. The average Bonchev–Trinajstić information content (AvgIpc) is 1.64. The van der Waals surface area contributed by atoms with Gasteiger partial charge in [-0.05, 0) is 25.8 Å².